The summed E-state index contributed by atoms with van der Waals surface area (Å²) in [6.45, 7) is 2.58. The molecule has 1 fully saturated rings. The van der Waals surface area contributed by atoms with Crippen LogP contribution in [0.1, 0.15) is 28.4 Å². The average Bonchev–Trinajstić information content (AvgIpc) is 3.21. The molecule has 0 bridgehead atoms. The van der Waals surface area contributed by atoms with E-state index in [2.05, 4.69) is 15.3 Å². The summed E-state index contributed by atoms with van der Waals surface area (Å²) in [4.78, 5) is 37.4. The van der Waals surface area contributed by atoms with Gasteiger partial charge in [0.05, 0.1) is 13.7 Å². The number of aromatic nitrogens is 2. The average molecular weight is 527 g/mol. The minimum absolute atomic E-state index is 0.175. The van der Waals surface area contributed by atoms with Gasteiger partial charge >= 0.3 is 6.03 Å². The molecule has 5 rings (SSSR count). The van der Waals surface area contributed by atoms with Crippen molar-refractivity contribution in [1.82, 2.24) is 20.2 Å². The molecule has 9 heteroatoms. The van der Waals surface area contributed by atoms with Gasteiger partial charge in [-0.2, -0.15) is 0 Å². The fourth-order valence-electron chi connectivity index (χ4n) is 4.09. The number of imide groups is 1. The Labute approximate surface area is 225 Å². The summed E-state index contributed by atoms with van der Waals surface area (Å²) in [5.74, 6) is 1.16. The summed E-state index contributed by atoms with van der Waals surface area (Å²) in [6, 6.07) is 19.6. The molecule has 1 atom stereocenters. The Hall–Kier alpha value is -4.37. The van der Waals surface area contributed by atoms with E-state index in [-0.39, 0.29) is 12.5 Å². The molecule has 38 heavy (non-hydrogen) atoms. The van der Waals surface area contributed by atoms with Crippen LogP contribution in [-0.2, 0) is 17.9 Å². The van der Waals surface area contributed by atoms with Crippen LogP contribution in [0.15, 0.2) is 95.1 Å². The molecule has 1 N–H and O–H groups in total. The van der Waals surface area contributed by atoms with Crippen molar-refractivity contribution in [1.29, 1.82) is 0 Å². The monoisotopic (exact) mass is 526 g/mol. The predicted molar refractivity (Wildman–Crippen MR) is 143 cm³/mol. The highest BCUT2D eigenvalue weighted by Crippen LogP contribution is 2.36. The summed E-state index contributed by atoms with van der Waals surface area (Å²) in [5.41, 5.74) is 3.49. The van der Waals surface area contributed by atoms with E-state index in [4.69, 9.17) is 9.47 Å². The van der Waals surface area contributed by atoms with Gasteiger partial charge in [0.1, 0.15) is 24.1 Å². The minimum atomic E-state index is -0.802. The molecule has 8 nitrogen and oxygen atoms in total. The van der Waals surface area contributed by atoms with E-state index in [1.165, 1.54) is 16.7 Å². The zero-order chi connectivity index (χ0) is 26.5. The zero-order valence-electron chi connectivity index (χ0n) is 21.0. The number of urea groups is 1. The van der Waals surface area contributed by atoms with Gasteiger partial charge in [0, 0.05) is 39.6 Å². The molecule has 0 radical (unpaired) electrons. The molecule has 2 aromatic heterocycles. The molecule has 3 amide bonds. The van der Waals surface area contributed by atoms with Crippen LogP contribution in [0.4, 0.5) is 4.79 Å². The van der Waals surface area contributed by atoms with E-state index in [0.717, 1.165) is 32.4 Å². The molecule has 1 saturated heterocycles. The number of nitrogens with zero attached hydrogens (tertiary/aromatic N) is 3. The lowest BCUT2D eigenvalue weighted by atomic mass is 10.1. The topological polar surface area (TPSA) is 93.7 Å². The van der Waals surface area contributed by atoms with Crippen molar-refractivity contribution in [2.75, 3.05) is 7.11 Å². The molecule has 0 saturated carbocycles. The van der Waals surface area contributed by atoms with Gasteiger partial charge in [-0.15, -0.1) is 0 Å². The molecule has 1 aliphatic rings. The Morgan fingerprint density at radius 2 is 1.71 bits per heavy atom. The summed E-state index contributed by atoms with van der Waals surface area (Å²) in [5, 5.41) is 2.82. The van der Waals surface area contributed by atoms with Crippen molar-refractivity contribution in [2.24, 2.45) is 0 Å². The number of carbonyl (C=O) groups excluding carboxylic acids is 2. The highest BCUT2D eigenvalue weighted by Gasteiger charge is 2.40. The lowest BCUT2D eigenvalue weighted by molar-refractivity contribution is -0.128. The first-order valence-electron chi connectivity index (χ1n) is 12.0. The molecule has 4 aromatic rings. The van der Waals surface area contributed by atoms with Crippen LogP contribution < -0.4 is 14.8 Å². The fraction of sp³-hybridized carbons (Fsp3) is 0.172. The highest BCUT2D eigenvalue weighted by molar-refractivity contribution is 7.99. The van der Waals surface area contributed by atoms with Crippen LogP contribution in [-0.4, -0.2) is 33.9 Å². The van der Waals surface area contributed by atoms with Gasteiger partial charge in [-0.1, -0.05) is 23.9 Å². The maximum atomic E-state index is 13.3. The van der Waals surface area contributed by atoms with Crippen LogP contribution >= 0.6 is 11.8 Å². The molecule has 3 heterocycles. The van der Waals surface area contributed by atoms with Crippen LogP contribution in [0.3, 0.4) is 0 Å². The first kappa shape index (κ1) is 25.3. The SMILES string of the molecule is COc1ccc(CN2C(=O)NC(c3cnccc3Sc3ccc(OCc4ccnc(C)c4)cc3)C2=O)cc1. The maximum Gasteiger partial charge on any atom is 0.325 e. The Kier molecular flexibility index (Phi) is 7.55. The van der Waals surface area contributed by atoms with Crippen molar-refractivity contribution in [3.63, 3.8) is 0 Å². The first-order valence-corrected chi connectivity index (χ1v) is 12.8. The molecule has 192 valence electrons. The summed E-state index contributed by atoms with van der Waals surface area (Å²) < 4.78 is 11.1. The molecular weight excluding hydrogens is 500 g/mol. The van der Waals surface area contributed by atoms with E-state index in [1.807, 2.05) is 61.5 Å². The number of carbonyl (C=O) groups is 2. The third-order valence-corrected chi connectivity index (χ3v) is 7.16. The van der Waals surface area contributed by atoms with E-state index in [1.54, 1.807) is 37.8 Å². The number of hydrogen-bond donors (Lipinski definition) is 1. The number of hydrogen-bond acceptors (Lipinski definition) is 7. The minimum Gasteiger partial charge on any atom is -0.497 e. The largest absolute Gasteiger partial charge is 0.497 e. The van der Waals surface area contributed by atoms with Crippen LogP contribution in [0.5, 0.6) is 11.5 Å². The summed E-state index contributed by atoms with van der Waals surface area (Å²) in [7, 11) is 1.59. The first-order chi connectivity index (χ1) is 18.5. The van der Waals surface area contributed by atoms with Gasteiger partial charge in [0.2, 0.25) is 0 Å². The quantitative estimate of drug-likeness (QED) is 0.295. The Balaban J connectivity index is 1.26. The Bertz CT molecular complexity index is 1440. The lowest BCUT2D eigenvalue weighted by Crippen LogP contribution is -2.30. The maximum absolute atomic E-state index is 13.3. The van der Waals surface area contributed by atoms with Gasteiger partial charge in [0.15, 0.2) is 0 Å². The van der Waals surface area contributed by atoms with Crippen molar-refractivity contribution < 1.29 is 19.1 Å². The van der Waals surface area contributed by atoms with Gasteiger partial charge in [-0.05, 0) is 72.6 Å². The highest BCUT2D eigenvalue weighted by atomic mass is 32.2. The standard InChI is InChI=1S/C29H26N4O4S/c1-19-15-21(11-14-31-19)18-37-23-7-9-24(10-8-23)38-26-12-13-30-16-25(26)27-28(34)33(29(35)32-27)17-20-3-5-22(36-2)6-4-20/h3-16,27H,17-18H2,1-2H3,(H,32,35). The van der Waals surface area contributed by atoms with Crippen molar-refractivity contribution in [2.45, 2.75) is 35.9 Å². The number of benzene rings is 2. The molecule has 0 spiro atoms. The third kappa shape index (κ3) is 5.78. The number of pyridine rings is 2. The Morgan fingerprint density at radius 3 is 2.45 bits per heavy atom. The van der Waals surface area contributed by atoms with Gasteiger partial charge in [-0.25, -0.2) is 4.79 Å². The number of nitrogens with one attached hydrogen (secondary N) is 1. The van der Waals surface area contributed by atoms with E-state index < -0.39 is 12.1 Å². The smallest absolute Gasteiger partial charge is 0.325 e. The Morgan fingerprint density at radius 1 is 0.947 bits per heavy atom. The second-order valence-electron chi connectivity index (χ2n) is 8.74. The van der Waals surface area contributed by atoms with Crippen molar-refractivity contribution in [3.05, 3.63) is 108 Å². The third-order valence-electron chi connectivity index (χ3n) is 6.06. The summed E-state index contributed by atoms with van der Waals surface area (Å²) in [6.07, 6.45) is 5.09. The van der Waals surface area contributed by atoms with Crippen molar-refractivity contribution >= 4 is 23.7 Å². The van der Waals surface area contributed by atoms with E-state index >= 15 is 0 Å². The number of rotatable bonds is 9. The molecule has 2 aromatic carbocycles. The summed E-state index contributed by atoms with van der Waals surface area (Å²) >= 11 is 1.50. The van der Waals surface area contributed by atoms with Gasteiger partial charge in [0.25, 0.3) is 5.91 Å². The van der Waals surface area contributed by atoms with Crippen LogP contribution in [0.25, 0.3) is 0 Å². The number of aryl methyl sites for hydroxylation is 1. The van der Waals surface area contributed by atoms with Crippen LogP contribution in [0.2, 0.25) is 0 Å². The van der Waals surface area contributed by atoms with E-state index in [0.29, 0.717) is 17.9 Å². The van der Waals surface area contributed by atoms with E-state index in [9.17, 15) is 9.59 Å². The zero-order valence-corrected chi connectivity index (χ0v) is 21.8. The molecule has 0 aliphatic carbocycles. The van der Waals surface area contributed by atoms with Crippen molar-refractivity contribution in [3.8, 4) is 11.5 Å². The predicted octanol–water partition coefficient (Wildman–Crippen LogP) is 5.32. The van der Waals surface area contributed by atoms with Crippen LogP contribution in [0, 0.1) is 6.92 Å². The number of ether oxygens (including phenoxy) is 2. The fourth-order valence-corrected chi connectivity index (χ4v) is 5.03. The second kappa shape index (κ2) is 11.4. The molecule has 1 aliphatic heterocycles. The van der Waals surface area contributed by atoms with Gasteiger partial charge < -0.3 is 14.8 Å². The van der Waals surface area contributed by atoms with Gasteiger partial charge in [-0.3, -0.25) is 19.7 Å². The molecular formula is C29H26N4O4S. The normalized spacial score (nSPS) is 14.9. The second-order valence-corrected chi connectivity index (χ2v) is 9.85. The number of methoxy groups -OCH3 is 1. The lowest BCUT2D eigenvalue weighted by Gasteiger charge is -2.15. The molecule has 1 unspecified atom stereocenters. The number of amides is 3.